The lowest BCUT2D eigenvalue weighted by molar-refractivity contribution is 0.0203. The van der Waals surface area contributed by atoms with Gasteiger partial charge in [-0.1, -0.05) is 18.2 Å². The van der Waals surface area contributed by atoms with Crippen molar-refractivity contribution < 1.29 is 9.47 Å². The number of nitrogens with one attached hydrogen (secondary N) is 3. The molecule has 1 aliphatic rings. The quantitative estimate of drug-likeness (QED) is 0.333. The van der Waals surface area contributed by atoms with Gasteiger partial charge in [0.15, 0.2) is 5.96 Å². The van der Waals surface area contributed by atoms with Crippen molar-refractivity contribution in [2.45, 2.75) is 32.1 Å². The van der Waals surface area contributed by atoms with E-state index in [0.717, 1.165) is 77.6 Å². The molecule has 1 aromatic carbocycles. The van der Waals surface area contributed by atoms with Gasteiger partial charge in [0, 0.05) is 63.7 Å². The van der Waals surface area contributed by atoms with Gasteiger partial charge in [0.05, 0.1) is 0 Å². The van der Waals surface area contributed by atoms with E-state index in [1.807, 2.05) is 7.05 Å². The number of nitrogens with zero attached hydrogens (tertiary/aromatic N) is 1. The van der Waals surface area contributed by atoms with Crippen molar-refractivity contribution in [2.75, 3.05) is 46.6 Å². The normalized spacial score (nSPS) is 15.8. The number of fused-ring (bicyclic) bond motifs is 1. The van der Waals surface area contributed by atoms with Crippen molar-refractivity contribution in [3.8, 4) is 0 Å². The Morgan fingerprint density at radius 1 is 1.18 bits per heavy atom. The molecule has 154 valence electrons. The third-order valence-corrected chi connectivity index (χ3v) is 5.27. The van der Waals surface area contributed by atoms with E-state index in [-0.39, 0.29) is 0 Å². The van der Waals surface area contributed by atoms with Crippen molar-refractivity contribution >= 4 is 16.9 Å². The van der Waals surface area contributed by atoms with Gasteiger partial charge in [-0.05, 0) is 49.7 Å². The number of aryl methyl sites for hydroxylation is 1. The van der Waals surface area contributed by atoms with Crippen LogP contribution in [0.5, 0.6) is 0 Å². The molecule has 3 rings (SSSR count). The number of rotatable bonds is 10. The third kappa shape index (κ3) is 6.53. The molecule has 3 N–H and O–H groups in total. The van der Waals surface area contributed by atoms with E-state index in [2.05, 4.69) is 51.1 Å². The van der Waals surface area contributed by atoms with Gasteiger partial charge in [-0.2, -0.15) is 0 Å². The Morgan fingerprint density at radius 3 is 2.79 bits per heavy atom. The maximum atomic E-state index is 5.80. The van der Waals surface area contributed by atoms with E-state index in [0.29, 0.717) is 5.92 Å². The van der Waals surface area contributed by atoms with Gasteiger partial charge in [-0.15, -0.1) is 0 Å². The predicted molar refractivity (Wildman–Crippen MR) is 115 cm³/mol. The molecule has 0 unspecified atom stereocenters. The first kappa shape index (κ1) is 20.7. The molecule has 6 heteroatoms. The van der Waals surface area contributed by atoms with Crippen molar-refractivity contribution in [3.63, 3.8) is 0 Å². The number of aromatic nitrogens is 1. The second-order valence-electron chi connectivity index (χ2n) is 7.37. The molecule has 28 heavy (non-hydrogen) atoms. The molecule has 0 radical (unpaired) electrons. The lowest BCUT2D eigenvalue weighted by Gasteiger charge is -2.21. The molecule has 1 aliphatic heterocycles. The lowest BCUT2D eigenvalue weighted by atomic mass is 10.0. The molecular formula is C22H34N4O2. The van der Waals surface area contributed by atoms with Crippen LogP contribution in [0.2, 0.25) is 0 Å². The molecule has 0 spiro atoms. The van der Waals surface area contributed by atoms with E-state index in [9.17, 15) is 0 Å². The lowest BCUT2D eigenvalue weighted by Crippen LogP contribution is -2.38. The first-order valence-corrected chi connectivity index (χ1v) is 10.5. The van der Waals surface area contributed by atoms with E-state index in [4.69, 9.17) is 9.47 Å². The number of aliphatic imine (C=N–C) groups is 1. The Labute approximate surface area is 168 Å². The largest absolute Gasteiger partial charge is 0.381 e. The number of H-pyrrole nitrogens is 1. The highest BCUT2D eigenvalue weighted by atomic mass is 16.5. The van der Waals surface area contributed by atoms with E-state index in [1.165, 1.54) is 16.5 Å². The van der Waals surface area contributed by atoms with Gasteiger partial charge in [0.25, 0.3) is 0 Å². The van der Waals surface area contributed by atoms with E-state index in [1.54, 1.807) is 0 Å². The van der Waals surface area contributed by atoms with Crippen LogP contribution in [-0.2, 0) is 15.9 Å². The summed E-state index contributed by atoms with van der Waals surface area (Å²) in [7, 11) is 1.82. The number of hydrogen-bond acceptors (Lipinski definition) is 3. The third-order valence-electron chi connectivity index (χ3n) is 5.27. The second kappa shape index (κ2) is 11.7. The zero-order valence-corrected chi connectivity index (χ0v) is 17.0. The van der Waals surface area contributed by atoms with Crippen molar-refractivity contribution in [3.05, 3.63) is 36.0 Å². The molecule has 0 bridgehead atoms. The molecule has 2 aromatic rings. The minimum Gasteiger partial charge on any atom is -0.381 e. The Hall–Kier alpha value is -2.05. The number of para-hydroxylation sites is 1. The van der Waals surface area contributed by atoms with Gasteiger partial charge in [-0.3, -0.25) is 4.99 Å². The van der Waals surface area contributed by atoms with Crippen LogP contribution in [0.1, 0.15) is 31.2 Å². The van der Waals surface area contributed by atoms with Gasteiger partial charge in [0.1, 0.15) is 0 Å². The van der Waals surface area contributed by atoms with Crippen LogP contribution in [0, 0.1) is 5.92 Å². The number of benzene rings is 1. The van der Waals surface area contributed by atoms with Crippen LogP contribution in [0.15, 0.2) is 35.5 Å². The van der Waals surface area contributed by atoms with Crippen LogP contribution in [0.3, 0.4) is 0 Å². The summed E-state index contributed by atoms with van der Waals surface area (Å²) >= 11 is 0. The SMILES string of the molecule is CN=C(NCCCOCC1CCOCC1)NCCCc1c[nH]c2ccccc12. The fraction of sp³-hybridized carbons (Fsp3) is 0.591. The highest BCUT2D eigenvalue weighted by Crippen LogP contribution is 2.18. The number of hydrogen-bond donors (Lipinski definition) is 3. The topological polar surface area (TPSA) is 70.7 Å². The average molecular weight is 387 g/mol. The summed E-state index contributed by atoms with van der Waals surface area (Å²) in [5.74, 6) is 1.54. The van der Waals surface area contributed by atoms with Crippen LogP contribution in [0.4, 0.5) is 0 Å². The van der Waals surface area contributed by atoms with Gasteiger partial charge in [0.2, 0.25) is 0 Å². The summed E-state index contributed by atoms with van der Waals surface area (Å²) in [6, 6.07) is 8.46. The molecule has 0 saturated carbocycles. The maximum absolute atomic E-state index is 5.80. The standard InChI is InChI=1S/C22H34N4O2/c1-23-22(25-12-5-13-28-17-18-9-14-27-15-10-18)24-11-4-6-19-16-26-21-8-3-2-7-20(19)21/h2-3,7-8,16,18,26H,4-6,9-15,17H2,1H3,(H2,23,24,25). The van der Waals surface area contributed by atoms with Gasteiger partial charge < -0.3 is 25.1 Å². The highest BCUT2D eigenvalue weighted by Gasteiger charge is 2.13. The van der Waals surface area contributed by atoms with Crippen LogP contribution in [-0.4, -0.2) is 57.5 Å². The molecule has 0 atom stereocenters. The second-order valence-corrected chi connectivity index (χ2v) is 7.37. The fourth-order valence-electron chi connectivity index (χ4n) is 3.59. The molecule has 2 heterocycles. The number of guanidine groups is 1. The van der Waals surface area contributed by atoms with Gasteiger partial charge in [-0.25, -0.2) is 0 Å². The molecular weight excluding hydrogens is 352 g/mol. The predicted octanol–water partition coefficient (Wildman–Crippen LogP) is 3.10. The molecule has 1 fully saturated rings. The molecule has 6 nitrogen and oxygen atoms in total. The summed E-state index contributed by atoms with van der Waals surface area (Å²) < 4.78 is 11.2. The Balaban J connectivity index is 1.23. The van der Waals surface area contributed by atoms with Crippen molar-refractivity contribution in [1.82, 2.24) is 15.6 Å². The zero-order valence-electron chi connectivity index (χ0n) is 17.0. The Morgan fingerprint density at radius 2 is 1.96 bits per heavy atom. The first-order valence-electron chi connectivity index (χ1n) is 10.5. The minimum absolute atomic E-state index is 0.674. The molecule has 0 amide bonds. The first-order chi connectivity index (χ1) is 13.9. The van der Waals surface area contributed by atoms with Gasteiger partial charge >= 0.3 is 0 Å². The van der Waals surface area contributed by atoms with Crippen LogP contribution >= 0.6 is 0 Å². The number of aromatic amines is 1. The van der Waals surface area contributed by atoms with Crippen molar-refractivity contribution in [1.29, 1.82) is 0 Å². The van der Waals surface area contributed by atoms with E-state index < -0.39 is 0 Å². The number of ether oxygens (including phenoxy) is 2. The molecule has 0 aliphatic carbocycles. The van der Waals surface area contributed by atoms with Crippen LogP contribution < -0.4 is 10.6 Å². The average Bonchev–Trinajstić information content (AvgIpc) is 3.16. The fourth-order valence-corrected chi connectivity index (χ4v) is 3.59. The van der Waals surface area contributed by atoms with Crippen LogP contribution in [0.25, 0.3) is 10.9 Å². The molecule has 1 saturated heterocycles. The zero-order chi connectivity index (χ0) is 19.4. The summed E-state index contributed by atoms with van der Waals surface area (Å²) in [4.78, 5) is 7.64. The Bertz CT molecular complexity index is 722. The summed E-state index contributed by atoms with van der Waals surface area (Å²) in [6.45, 7) is 5.21. The Kier molecular flexibility index (Phi) is 8.65. The van der Waals surface area contributed by atoms with Crippen molar-refractivity contribution in [2.24, 2.45) is 10.9 Å². The smallest absolute Gasteiger partial charge is 0.190 e. The summed E-state index contributed by atoms with van der Waals surface area (Å²) in [6.07, 6.45) is 7.49. The summed E-state index contributed by atoms with van der Waals surface area (Å²) in [5.41, 5.74) is 2.59. The molecule has 1 aromatic heterocycles. The monoisotopic (exact) mass is 386 g/mol. The minimum atomic E-state index is 0.674. The maximum Gasteiger partial charge on any atom is 0.190 e. The highest BCUT2D eigenvalue weighted by molar-refractivity contribution is 5.83. The summed E-state index contributed by atoms with van der Waals surface area (Å²) in [5, 5.41) is 8.09. The van der Waals surface area contributed by atoms with E-state index >= 15 is 0 Å².